The zero-order valence-electron chi connectivity index (χ0n) is 17.6. The predicted octanol–water partition coefficient (Wildman–Crippen LogP) is 4.59. The number of ether oxygens (including phenoxy) is 1. The molecular formula is C23H28BrN3O4. The molecule has 0 atom stereocenters. The van der Waals surface area contributed by atoms with Gasteiger partial charge >= 0.3 is 0 Å². The van der Waals surface area contributed by atoms with Crippen molar-refractivity contribution in [2.24, 2.45) is 0 Å². The minimum absolute atomic E-state index is 0.000393. The summed E-state index contributed by atoms with van der Waals surface area (Å²) < 4.78 is 6.48. The van der Waals surface area contributed by atoms with E-state index in [1.165, 1.54) is 0 Å². The number of para-hydroxylation sites is 1. The highest BCUT2D eigenvalue weighted by atomic mass is 79.9. The maximum Gasteiger partial charge on any atom is 0.273 e. The molecule has 8 heteroatoms. The monoisotopic (exact) mass is 489 g/mol. The smallest absolute Gasteiger partial charge is 0.273 e. The van der Waals surface area contributed by atoms with Gasteiger partial charge in [-0.05, 0) is 36.8 Å². The highest BCUT2D eigenvalue weighted by Crippen LogP contribution is 2.23. The van der Waals surface area contributed by atoms with Crippen molar-refractivity contribution in [2.45, 2.75) is 45.4 Å². The molecular weight excluding hydrogens is 462 g/mol. The molecule has 7 nitrogen and oxygen atoms in total. The van der Waals surface area contributed by atoms with E-state index in [1.54, 1.807) is 30.3 Å². The Labute approximate surface area is 191 Å². The summed E-state index contributed by atoms with van der Waals surface area (Å²) in [4.78, 5) is 36.5. The molecule has 0 bridgehead atoms. The number of anilines is 1. The molecule has 166 valence electrons. The Bertz CT molecular complexity index is 874. The number of nitrogens with one attached hydrogen (secondary N) is 3. The molecule has 0 aliphatic rings. The minimum Gasteiger partial charge on any atom is -0.493 e. The van der Waals surface area contributed by atoms with Gasteiger partial charge in [0.25, 0.3) is 5.91 Å². The zero-order valence-corrected chi connectivity index (χ0v) is 19.2. The lowest BCUT2D eigenvalue weighted by atomic mass is 10.2. The largest absolute Gasteiger partial charge is 0.493 e. The van der Waals surface area contributed by atoms with Crippen LogP contribution in [0.4, 0.5) is 5.69 Å². The molecule has 2 rings (SSSR count). The van der Waals surface area contributed by atoms with E-state index in [1.807, 2.05) is 18.2 Å². The summed E-state index contributed by atoms with van der Waals surface area (Å²) in [6.07, 6.45) is 4.21. The third kappa shape index (κ3) is 9.21. The van der Waals surface area contributed by atoms with E-state index >= 15 is 0 Å². The number of unbranched alkanes of at least 4 members (excludes halogenated alkanes) is 3. The van der Waals surface area contributed by atoms with Crippen LogP contribution in [0.1, 0.15) is 55.8 Å². The Morgan fingerprint density at radius 3 is 2.39 bits per heavy atom. The van der Waals surface area contributed by atoms with Crippen LogP contribution in [0.25, 0.3) is 0 Å². The van der Waals surface area contributed by atoms with Crippen molar-refractivity contribution in [1.82, 2.24) is 10.9 Å². The standard InChI is InChI=1S/C23H28BrN3O4/c1-2-3-4-8-15-31-20-12-11-17(24)16-19(20)23(30)27-26-22(29)14-13-21(28)25-18-9-6-5-7-10-18/h5-7,9-12,16H,2-4,8,13-15H2,1H3,(H,25,28)(H,26,29)(H,27,30). The fraction of sp³-hybridized carbons (Fsp3) is 0.348. The van der Waals surface area contributed by atoms with Crippen molar-refractivity contribution in [1.29, 1.82) is 0 Å². The Kier molecular flexibility index (Phi) is 10.6. The van der Waals surface area contributed by atoms with Crippen LogP contribution >= 0.6 is 15.9 Å². The zero-order chi connectivity index (χ0) is 22.5. The highest BCUT2D eigenvalue weighted by Gasteiger charge is 2.15. The number of hydrazine groups is 1. The van der Waals surface area contributed by atoms with Crippen LogP contribution in [-0.4, -0.2) is 24.3 Å². The Morgan fingerprint density at radius 1 is 0.903 bits per heavy atom. The van der Waals surface area contributed by atoms with Crippen LogP contribution in [0.3, 0.4) is 0 Å². The van der Waals surface area contributed by atoms with Gasteiger partial charge in [-0.1, -0.05) is 60.3 Å². The van der Waals surface area contributed by atoms with Gasteiger partial charge in [-0.15, -0.1) is 0 Å². The molecule has 2 aromatic carbocycles. The molecule has 0 aliphatic carbocycles. The van der Waals surface area contributed by atoms with E-state index in [9.17, 15) is 14.4 Å². The second-order valence-electron chi connectivity index (χ2n) is 6.97. The molecule has 0 aliphatic heterocycles. The van der Waals surface area contributed by atoms with Gasteiger partial charge in [-0.2, -0.15) is 0 Å². The fourth-order valence-electron chi connectivity index (χ4n) is 2.74. The van der Waals surface area contributed by atoms with E-state index in [2.05, 4.69) is 39.0 Å². The summed E-state index contributed by atoms with van der Waals surface area (Å²) in [7, 11) is 0. The SMILES string of the molecule is CCCCCCOc1ccc(Br)cc1C(=O)NNC(=O)CCC(=O)Nc1ccccc1. The van der Waals surface area contributed by atoms with Crippen molar-refractivity contribution in [3.63, 3.8) is 0 Å². The van der Waals surface area contributed by atoms with Gasteiger partial charge in [-0.3, -0.25) is 25.2 Å². The van der Waals surface area contributed by atoms with E-state index in [0.717, 1.165) is 30.2 Å². The first-order valence-corrected chi connectivity index (χ1v) is 11.2. The number of carbonyl (C=O) groups is 3. The fourth-order valence-corrected chi connectivity index (χ4v) is 3.11. The van der Waals surface area contributed by atoms with E-state index < -0.39 is 11.8 Å². The molecule has 3 N–H and O–H groups in total. The number of hydrogen-bond donors (Lipinski definition) is 3. The molecule has 0 radical (unpaired) electrons. The molecule has 0 unspecified atom stereocenters. The maximum atomic E-state index is 12.5. The van der Waals surface area contributed by atoms with Crippen molar-refractivity contribution >= 4 is 39.3 Å². The first-order valence-electron chi connectivity index (χ1n) is 10.4. The van der Waals surface area contributed by atoms with Crippen LogP contribution in [0.15, 0.2) is 53.0 Å². The molecule has 3 amide bonds. The second-order valence-corrected chi connectivity index (χ2v) is 7.88. The molecule has 2 aromatic rings. The number of carbonyl (C=O) groups excluding carboxylic acids is 3. The normalized spacial score (nSPS) is 10.3. The topological polar surface area (TPSA) is 96.5 Å². The molecule has 0 saturated carbocycles. The minimum atomic E-state index is -0.494. The number of rotatable bonds is 11. The van der Waals surface area contributed by atoms with E-state index in [4.69, 9.17) is 4.74 Å². The van der Waals surface area contributed by atoms with Gasteiger partial charge in [-0.25, -0.2) is 0 Å². The number of halogens is 1. The summed E-state index contributed by atoms with van der Waals surface area (Å²) >= 11 is 3.35. The summed E-state index contributed by atoms with van der Waals surface area (Å²) in [5, 5.41) is 2.71. The molecule has 0 saturated heterocycles. The number of hydrogen-bond acceptors (Lipinski definition) is 4. The Hall–Kier alpha value is -2.87. The second kappa shape index (κ2) is 13.4. The van der Waals surface area contributed by atoms with Gasteiger partial charge in [0.2, 0.25) is 11.8 Å². The number of amides is 3. The lowest BCUT2D eigenvalue weighted by Crippen LogP contribution is -2.42. The summed E-state index contributed by atoms with van der Waals surface area (Å²) in [5.74, 6) is -0.785. The summed E-state index contributed by atoms with van der Waals surface area (Å²) in [6.45, 7) is 2.66. The van der Waals surface area contributed by atoms with E-state index in [0.29, 0.717) is 23.6 Å². The molecule has 31 heavy (non-hydrogen) atoms. The van der Waals surface area contributed by atoms with Crippen LogP contribution in [-0.2, 0) is 9.59 Å². The van der Waals surface area contributed by atoms with Gasteiger partial charge in [0, 0.05) is 23.0 Å². The molecule has 0 heterocycles. The van der Waals surface area contributed by atoms with Crippen molar-refractivity contribution in [3.8, 4) is 5.75 Å². The van der Waals surface area contributed by atoms with Crippen molar-refractivity contribution in [3.05, 3.63) is 58.6 Å². The van der Waals surface area contributed by atoms with Crippen molar-refractivity contribution < 1.29 is 19.1 Å². The highest BCUT2D eigenvalue weighted by molar-refractivity contribution is 9.10. The van der Waals surface area contributed by atoms with Gasteiger partial charge in [0.15, 0.2) is 0 Å². The summed E-state index contributed by atoms with van der Waals surface area (Å²) in [6, 6.07) is 14.1. The van der Waals surface area contributed by atoms with Crippen LogP contribution in [0.2, 0.25) is 0 Å². The van der Waals surface area contributed by atoms with Gasteiger partial charge in [0.1, 0.15) is 5.75 Å². The van der Waals surface area contributed by atoms with Crippen molar-refractivity contribution in [2.75, 3.05) is 11.9 Å². The van der Waals surface area contributed by atoms with Crippen LogP contribution in [0.5, 0.6) is 5.75 Å². The van der Waals surface area contributed by atoms with E-state index in [-0.39, 0.29) is 18.7 Å². The average Bonchev–Trinajstić information content (AvgIpc) is 2.77. The van der Waals surface area contributed by atoms with Crippen LogP contribution < -0.4 is 20.9 Å². The third-order valence-corrected chi connectivity index (χ3v) is 4.89. The first kappa shape index (κ1) is 24.4. The quantitative estimate of drug-likeness (QED) is 0.317. The van der Waals surface area contributed by atoms with Gasteiger partial charge < -0.3 is 10.1 Å². The Balaban J connectivity index is 1.79. The van der Waals surface area contributed by atoms with Crippen LogP contribution in [0, 0.1) is 0 Å². The lowest BCUT2D eigenvalue weighted by molar-refractivity contribution is -0.124. The van der Waals surface area contributed by atoms with Gasteiger partial charge in [0.05, 0.1) is 12.2 Å². The predicted molar refractivity (Wildman–Crippen MR) is 124 cm³/mol. The Morgan fingerprint density at radius 2 is 1.65 bits per heavy atom. The third-order valence-electron chi connectivity index (χ3n) is 4.39. The molecule has 0 fully saturated rings. The maximum absolute atomic E-state index is 12.5. The molecule has 0 aromatic heterocycles. The molecule has 0 spiro atoms. The lowest BCUT2D eigenvalue weighted by Gasteiger charge is -2.13. The first-order chi connectivity index (χ1) is 15.0. The number of benzene rings is 2. The summed E-state index contributed by atoms with van der Waals surface area (Å²) in [5.41, 5.74) is 5.70. The average molecular weight is 490 g/mol.